The van der Waals surface area contributed by atoms with Gasteiger partial charge in [-0.1, -0.05) is 68.3 Å². The smallest absolute Gasteiger partial charge is 0.0790 e. The Morgan fingerprint density at radius 3 is 2.38 bits per heavy atom. The average Bonchev–Trinajstić information content (AvgIpc) is 2.67. The molecule has 2 heteroatoms. The van der Waals surface area contributed by atoms with Crippen molar-refractivity contribution in [2.75, 3.05) is 5.32 Å². The van der Waals surface area contributed by atoms with Crippen molar-refractivity contribution in [2.45, 2.75) is 39.2 Å². The maximum atomic E-state index is 10.2. The van der Waals surface area contributed by atoms with Crippen molar-refractivity contribution in [1.82, 2.24) is 0 Å². The summed E-state index contributed by atoms with van der Waals surface area (Å²) in [6.45, 7) is 4.28. The summed E-state index contributed by atoms with van der Waals surface area (Å²) in [7, 11) is 0. The second-order valence-electron chi connectivity index (χ2n) is 6.80. The topological polar surface area (TPSA) is 32.3 Å². The molecule has 0 saturated heterocycles. The first-order chi connectivity index (χ1) is 12.7. The first kappa shape index (κ1) is 18.2. The number of hydrogen-bond acceptors (Lipinski definition) is 2. The zero-order valence-electron chi connectivity index (χ0n) is 15.6. The molecule has 0 saturated carbocycles. The van der Waals surface area contributed by atoms with Gasteiger partial charge in [0.05, 0.1) is 6.10 Å². The van der Waals surface area contributed by atoms with Crippen molar-refractivity contribution in [3.63, 3.8) is 0 Å². The van der Waals surface area contributed by atoms with E-state index in [1.54, 1.807) is 0 Å². The summed E-state index contributed by atoms with van der Waals surface area (Å²) in [4.78, 5) is 0. The van der Waals surface area contributed by atoms with Gasteiger partial charge in [0.1, 0.15) is 0 Å². The number of benzene rings is 3. The third-order valence-corrected chi connectivity index (χ3v) is 4.73. The lowest BCUT2D eigenvalue weighted by atomic mass is 10.0. The van der Waals surface area contributed by atoms with Gasteiger partial charge in [-0.25, -0.2) is 0 Å². The second kappa shape index (κ2) is 8.68. The molecule has 2 nitrogen and oxygen atoms in total. The standard InChI is InChI=1S/C24H27NO/c1-3-4-12-24(26)19-13-15-21(16-14-19)25-22-10-7-9-20(17-22)23-11-6-5-8-18(23)2/h5-11,13-17,24-26H,3-4,12H2,1-2H3. The Morgan fingerprint density at radius 1 is 0.885 bits per heavy atom. The SMILES string of the molecule is CCCCC(O)c1ccc(Nc2cccc(-c3ccccc3C)c2)cc1. The maximum Gasteiger partial charge on any atom is 0.0790 e. The lowest BCUT2D eigenvalue weighted by molar-refractivity contribution is 0.164. The third kappa shape index (κ3) is 4.53. The summed E-state index contributed by atoms with van der Waals surface area (Å²) in [5.41, 5.74) is 6.81. The molecule has 0 radical (unpaired) electrons. The van der Waals surface area contributed by atoms with Gasteiger partial charge in [0.2, 0.25) is 0 Å². The molecule has 0 spiro atoms. The van der Waals surface area contributed by atoms with E-state index in [1.165, 1.54) is 16.7 Å². The normalized spacial score (nSPS) is 12.0. The zero-order chi connectivity index (χ0) is 18.4. The molecule has 26 heavy (non-hydrogen) atoms. The molecule has 0 aliphatic rings. The van der Waals surface area contributed by atoms with Crippen molar-refractivity contribution in [1.29, 1.82) is 0 Å². The molecule has 1 atom stereocenters. The van der Waals surface area contributed by atoms with Crippen molar-refractivity contribution in [3.8, 4) is 11.1 Å². The van der Waals surface area contributed by atoms with Gasteiger partial charge >= 0.3 is 0 Å². The van der Waals surface area contributed by atoms with Crippen molar-refractivity contribution < 1.29 is 5.11 Å². The molecule has 1 unspecified atom stereocenters. The molecular weight excluding hydrogens is 318 g/mol. The number of aryl methyl sites for hydroxylation is 1. The van der Waals surface area contributed by atoms with E-state index in [2.05, 4.69) is 67.7 Å². The van der Waals surface area contributed by atoms with E-state index in [4.69, 9.17) is 0 Å². The Hall–Kier alpha value is -2.58. The maximum absolute atomic E-state index is 10.2. The Labute approximate surface area is 156 Å². The fraction of sp³-hybridized carbons (Fsp3) is 0.250. The lowest BCUT2D eigenvalue weighted by Crippen LogP contribution is -1.98. The Balaban J connectivity index is 1.73. The highest BCUT2D eigenvalue weighted by molar-refractivity contribution is 5.72. The van der Waals surface area contributed by atoms with Crippen molar-refractivity contribution in [3.05, 3.63) is 83.9 Å². The molecule has 134 valence electrons. The van der Waals surface area contributed by atoms with E-state index < -0.39 is 0 Å². The van der Waals surface area contributed by atoms with Crippen LogP contribution in [0.2, 0.25) is 0 Å². The number of unbranched alkanes of at least 4 members (excludes halogenated alkanes) is 1. The van der Waals surface area contributed by atoms with E-state index >= 15 is 0 Å². The van der Waals surface area contributed by atoms with E-state index in [-0.39, 0.29) is 6.10 Å². The van der Waals surface area contributed by atoms with Crippen LogP contribution in [0, 0.1) is 6.92 Å². The molecule has 0 heterocycles. The molecule has 2 N–H and O–H groups in total. The van der Waals surface area contributed by atoms with Gasteiger partial charge in [0.25, 0.3) is 0 Å². The summed E-state index contributed by atoms with van der Waals surface area (Å²) in [6.07, 6.45) is 2.61. The van der Waals surface area contributed by atoms with Gasteiger partial charge < -0.3 is 10.4 Å². The van der Waals surface area contributed by atoms with Crippen LogP contribution >= 0.6 is 0 Å². The van der Waals surface area contributed by atoms with Gasteiger partial charge in [-0.05, 0) is 59.9 Å². The van der Waals surface area contributed by atoms with Crippen LogP contribution in [-0.4, -0.2) is 5.11 Å². The highest BCUT2D eigenvalue weighted by Crippen LogP contribution is 2.28. The number of aliphatic hydroxyl groups excluding tert-OH is 1. The quantitative estimate of drug-likeness (QED) is 0.504. The van der Waals surface area contributed by atoms with Gasteiger partial charge in [-0.15, -0.1) is 0 Å². The minimum Gasteiger partial charge on any atom is -0.388 e. The van der Waals surface area contributed by atoms with Gasteiger partial charge in [-0.3, -0.25) is 0 Å². The van der Waals surface area contributed by atoms with E-state index in [9.17, 15) is 5.11 Å². The van der Waals surface area contributed by atoms with Crippen molar-refractivity contribution in [2.24, 2.45) is 0 Å². The Morgan fingerprint density at radius 2 is 1.65 bits per heavy atom. The van der Waals surface area contributed by atoms with Crippen LogP contribution in [-0.2, 0) is 0 Å². The summed E-state index contributed by atoms with van der Waals surface area (Å²) >= 11 is 0. The van der Waals surface area contributed by atoms with E-state index in [0.29, 0.717) is 0 Å². The number of rotatable bonds is 7. The number of aliphatic hydroxyl groups is 1. The molecule has 3 aromatic rings. The Kier molecular flexibility index (Phi) is 6.08. The van der Waals surface area contributed by atoms with Gasteiger partial charge in [-0.2, -0.15) is 0 Å². The molecule has 0 aliphatic carbocycles. The van der Waals surface area contributed by atoms with Crippen LogP contribution in [0.5, 0.6) is 0 Å². The van der Waals surface area contributed by atoms with Crippen LogP contribution in [0.15, 0.2) is 72.8 Å². The highest BCUT2D eigenvalue weighted by Gasteiger charge is 2.07. The highest BCUT2D eigenvalue weighted by atomic mass is 16.3. The van der Waals surface area contributed by atoms with Crippen LogP contribution in [0.4, 0.5) is 11.4 Å². The monoisotopic (exact) mass is 345 g/mol. The number of nitrogens with one attached hydrogen (secondary N) is 1. The predicted molar refractivity (Wildman–Crippen MR) is 111 cm³/mol. The van der Waals surface area contributed by atoms with Crippen LogP contribution in [0.3, 0.4) is 0 Å². The first-order valence-electron chi connectivity index (χ1n) is 9.38. The van der Waals surface area contributed by atoms with Crippen LogP contribution in [0.1, 0.15) is 43.4 Å². The van der Waals surface area contributed by atoms with E-state index in [1.807, 2.05) is 24.3 Å². The van der Waals surface area contributed by atoms with Gasteiger partial charge in [0.15, 0.2) is 0 Å². The zero-order valence-corrected chi connectivity index (χ0v) is 15.6. The second-order valence-corrected chi connectivity index (χ2v) is 6.80. The largest absolute Gasteiger partial charge is 0.388 e. The summed E-state index contributed by atoms with van der Waals surface area (Å²) in [5.74, 6) is 0. The van der Waals surface area contributed by atoms with Crippen LogP contribution in [0.25, 0.3) is 11.1 Å². The molecule has 3 aromatic carbocycles. The summed E-state index contributed by atoms with van der Waals surface area (Å²) in [6, 6.07) is 25.0. The fourth-order valence-electron chi connectivity index (χ4n) is 3.18. The first-order valence-corrected chi connectivity index (χ1v) is 9.38. The average molecular weight is 345 g/mol. The predicted octanol–water partition coefficient (Wildman–Crippen LogP) is 6.63. The van der Waals surface area contributed by atoms with Crippen LogP contribution < -0.4 is 5.32 Å². The number of hydrogen-bond donors (Lipinski definition) is 2. The molecule has 0 bridgehead atoms. The molecular formula is C24H27NO. The van der Waals surface area contributed by atoms with Crippen molar-refractivity contribution >= 4 is 11.4 Å². The summed E-state index contributed by atoms with van der Waals surface area (Å²) in [5, 5.41) is 13.7. The Bertz CT molecular complexity index is 839. The molecule has 0 aliphatic heterocycles. The molecule has 0 amide bonds. The fourth-order valence-corrected chi connectivity index (χ4v) is 3.18. The van der Waals surface area contributed by atoms with E-state index in [0.717, 1.165) is 36.2 Å². The molecule has 3 rings (SSSR count). The third-order valence-electron chi connectivity index (χ3n) is 4.73. The molecule has 0 aromatic heterocycles. The molecule has 0 fully saturated rings. The lowest BCUT2D eigenvalue weighted by Gasteiger charge is -2.13. The summed E-state index contributed by atoms with van der Waals surface area (Å²) < 4.78 is 0. The minimum absolute atomic E-state index is 0.367. The number of anilines is 2. The van der Waals surface area contributed by atoms with Gasteiger partial charge in [0, 0.05) is 11.4 Å². The minimum atomic E-state index is -0.367.